The molecule has 0 fully saturated rings. The fraction of sp³-hybridized carbons (Fsp3) is 0.190. The minimum atomic E-state index is -0.562. The fourth-order valence-electron chi connectivity index (χ4n) is 2.79. The van der Waals surface area contributed by atoms with E-state index in [1.54, 1.807) is 0 Å². The summed E-state index contributed by atoms with van der Waals surface area (Å²) in [6.45, 7) is 2.87. The molecule has 154 valence electrons. The Kier molecular flexibility index (Phi) is 6.53. The SMILES string of the molecule is CCOc1ccc(-c2cc(=O)n(CCNC(=O)c3cccc([N+](=O)[O-])c3)cn2)cc1. The lowest BCUT2D eigenvalue weighted by molar-refractivity contribution is -0.384. The maximum absolute atomic E-state index is 12.4. The molecule has 0 aliphatic rings. The van der Waals surface area contributed by atoms with Crippen LogP contribution in [0.15, 0.2) is 65.7 Å². The second-order valence-electron chi connectivity index (χ2n) is 6.33. The van der Waals surface area contributed by atoms with Crippen LogP contribution in [0.2, 0.25) is 0 Å². The summed E-state index contributed by atoms with van der Waals surface area (Å²) < 4.78 is 6.78. The van der Waals surface area contributed by atoms with E-state index in [2.05, 4.69) is 10.3 Å². The van der Waals surface area contributed by atoms with Gasteiger partial charge in [-0.25, -0.2) is 4.98 Å². The van der Waals surface area contributed by atoms with Gasteiger partial charge >= 0.3 is 0 Å². The third-order valence-corrected chi connectivity index (χ3v) is 4.30. The molecule has 9 nitrogen and oxygen atoms in total. The van der Waals surface area contributed by atoms with Crippen molar-refractivity contribution in [1.29, 1.82) is 0 Å². The van der Waals surface area contributed by atoms with Gasteiger partial charge in [0.1, 0.15) is 5.75 Å². The Hall–Kier alpha value is -4.01. The van der Waals surface area contributed by atoms with Crippen molar-refractivity contribution in [2.45, 2.75) is 13.5 Å². The number of rotatable bonds is 8. The number of benzene rings is 2. The maximum Gasteiger partial charge on any atom is 0.270 e. The number of hydrogen-bond donors (Lipinski definition) is 1. The highest BCUT2D eigenvalue weighted by Crippen LogP contribution is 2.19. The Labute approximate surface area is 172 Å². The summed E-state index contributed by atoms with van der Waals surface area (Å²) in [5, 5.41) is 13.5. The van der Waals surface area contributed by atoms with E-state index in [0.29, 0.717) is 12.3 Å². The molecule has 30 heavy (non-hydrogen) atoms. The van der Waals surface area contributed by atoms with Gasteiger partial charge in [0.15, 0.2) is 0 Å². The van der Waals surface area contributed by atoms with Gasteiger partial charge < -0.3 is 10.1 Å². The topological polar surface area (TPSA) is 116 Å². The molecular formula is C21H20N4O5. The first-order chi connectivity index (χ1) is 14.5. The Bertz CT molecular complexity index is 1110. The molecule has 1 aromatic heterocycles. The molecule has 0 atom stereocenters. The Morgan fingerprint density at radius 1 is 1.20 bits per heavy atom. The molecule has 0 bridgehead atoms. The van der Waals surface area contributed by atoms with Gasteiger partial charge in [0, 0.05) is 42.4 Å². The quantitative estimate of drug-likeness (QED) is 0.452. The summed E-state index contributed by atoms with van der Waals surface area (Å²) >= 11 is 0. The maximum atomic E-state index is 12.4. The average Bonchev–Trinajstić information content (AvgIpc) is 2.75. The molecule has 1 amide bonds. The van der Waals surface area contributed by atoms with Gasteiger partial charge in [-0.05, 0) is 37.3 Å². The average molecular weight is 408 g/mol. The van der Waals surface area contributed by atoms with E-state index >= 15 is 0 Å². The van der Waals surface area contributed by atoms with Crippen molar-refractivity contribution in [1.82, 2.24) is 14.9 Å². The second-order valence-corrected chi connectivity index (χ2v) is 6.33. The van der Waals surface area contributed by atoms with Crippen LogP contribution in [-0.2, 0) is 6.54 Å². The van der Waals surface area contributed by atoms with Gasteiger partial charge in [-0.2, -0.15) is 0 Å². The number of nitrogens with one attached hydrogen (secondary N) is 1. The molecule has 0 aliphatic carbocycles. The number of carbonyl (C=O) groups excluding carboxylic acids is 1. The van der Waals surface area contributed by atoms with E-state index < -0.39 is 10.8 Å². The number of aromatic nitrogens is 2. The highest BCUT2D eigenvalue weighted by Gasteiger charge is 2.11. The van der Waals surface area contributed by atoms with Crippen LogP contribution in [0, 0.1) is 10.1 Å². The van der Waals surface area contributed by atoms with Gasteiger partial charge in [-0.1, -0.05) is 6.07 Å². The van der Waals surface area contributed by atoms with Crippen molar-refractivity contribution in [3.8, 4) is 17.0 Å². The summed E-state index contributed by atoms with van der Waals surface area (Å²) in [5.74, 6) is 0.291. The molecule has 2 aromatic carbocycles. The second kappa shape index (κ2) is 9.46. The van der Waals surface area contributed by atoms with Crippen LogP contribution in [0.3, 0.4) is 0 Å². The molecule has 0 spiro atoms. The van der Waals surface area contributed by atoms with Crippen molar-refractivity contribution in [3.63, 3.8) is 0 Å². The van der Waals surface area contributed by atoms with Crippen molar-refractivity contribution >= 4 is 11.6 Å². The number of carbonyl (C=O) groups is 1. The van der Waals surface area contributed by atoms with Gasteiger partial charge in [-0.3, -0.25) is 24.3 Å². The Balaban J connectivity index is 1.61. The van der Waals surface area contributed by atoms with Crippen molar-refractivity contribution in [2.24, 2.45) is 0 Å². The zero-order chi connectivity index (χ0) is 21.5. The smallest absolute Gasteiger partial charge is 0.270 e. The number of non-ortho nitro benzene ring substituents is 1. The zero-order valence-corrected chi connectivity index (χ0v) is 16.3. The summed E-state index contributed by atoms with van der Waals surface area (Å²) in [4.78, 5) is 39.1. The molecule has 0 saturated heterocycles. The number of nitro groups is 1. The van der Waals surface area contributed by atoms with Crippen LogP contribution in [-0.4, -0.2) is 33.5 Å². The number of nitro benzene ring substituents is 1. The molecule has 1 N–H and O–H groups in total. The van der Waals surface area contributed by atoms with E-state index in [0.717, 1.165) is 11.3 Å². The van der Waals surface area contributed by atoms with Gasteiger partial charge in [0.25, 0.3) is 17.2 Å². The Morgan fingerprint density at radius 3 is 2.63 bits per heavy atom. The first kappa shape index (κ1) is 20.7. The number of amides is 1. The lowest BCUT2D eigenvalue weighted by Crippen LogP contribution is -2.30. The molecule has 3 aromatic rings. The summed E-state index contributed by atoms with van der Waals surface area (Å²) in [6, 6.07) is 14.2. The Morgan fingerprint density at radius 2 is 1.97 bits per heavy atom. The number of nitrogens with zero attached hydrogens (tertiary/aromatic N) is 3. The molecule has 0 unspecified atom stereocenters. The monoisotopic (exact) mass is 408 g/mol. The van der Waals surface area contributed by atoms with Crippen LogP contribution >= 0.6 is 0 Å². The van der Waals surface area contributed by atoms with Crippen LogP contribution in [0.5, 0.6) is 5.75 Å². The first-order valence-electron chi connectivity index (χ1n) is 9.30. The summed E-state index contributed by atoms with van der Waals surface area (Å²) in [5.41, 5.74) is 1.11. The van der Waals surface area contributed by atoms with E-state index in [-0.39, 0.29) is 29.9 Å². The first-order valence-corrected chi connectivity index (χ1v) is 9.30. The summed E-state index contributed by atoms with van der Waals surface area (Å²) in [6.07, 6.45) is 1.42. The van der Waals surface area contributed by atoms with E-state index in [4.69, 9.17) is 4.74 Å². The highest BCUT2D eigenvalue weighted by molar-refractivity contribution is 5.94. The lowest BCUT2D eigenvalue weighted by atomic mass is 10.1. The number of ether oxygens (including phenoxy) is 1. The fourth-order valence-corrected chi connectivity index (χ4v) is 2.79. The predicted molar refractivity (Wildman–Crippen MR) is 111 cm³/mol. The van der Waals surface area contributed by atoms with Crippen molar-refractivity contribution in [3.05, 3.63) is 87.0 Å². The molecule has 3 rings (SSSR count). The zero-order valence-electron chi connectivity index (χ0n) is 16.3. The predicted octanol–water partition coefficient (Wildman–Crippen LogP) is 2.65. The molecule has 0 aliphatic heterocycles. The van der Waals surface area contributed by atoms with E-state index in [9.17, 15) is 19.7 Å². The normalized spacial score (nSPS) is 10.4. The molecule has 1 heterocycles. The molecule has 0 saturated carbocycles. The lowest BCUT2D eigenvalue weighted by Gasteiger charge is -2.09. The third-order valence-electron chi connectivity index (χ3n) is 4.30. The van der Waals surface area contributed by atoms with Crippen molar-refractivity contribution < 1.29 is 14.5 Å². The third kappa shape index (κ3) is 5.07. The van der Waals surface area contributed by atoms with Crippen LogP contribution in [0.4, 0.5) is 5.69 Å². The van der Waals surface area contributed by atoms with Crippen molar-refractivity contribution in [2.75, 3.05) is 13.2 Å². The number of hydrogen-bond acceptors (Lipinski definition) is 6. The van der Waals surface area contributed by atoms with Crippen LogP contribution in [0.1, 0.15) is 17.3 Å². The summed E-state index contributed by atoms with van der Waals surface area (Å²) in [7, 11) is 0. The molecule has 9 heteroatoms. The molecular weight excluding hydrogens is 388 g/mol. The van der Waals surface area contributed by atoms with Gasteiger partial charge in [0.05, 0.1) is 23.6 Å². The molecule has 0 radical (unpaired) electrons. The highest BCUT2D eigenvalue weighted by atomic mass is 16.6. The minimum Gasteiger partial charge on any atom is -0.494 e. The van der Waals surface area contributed by atoms with Crippen LogP contribution < -0.4 is 15.6 Å². The minimum absolute atomic E-state index is 0.159. The standard InChI is InChI=1S/C21H20N4O5/c1-2-30-18-8-6-15(7-9-18)19-13-20(26)24(14-23-19)11-10-22-21(27)16-4-3-5-17(12-16)25(28)29/h3-9,12-14H,2,10-11H2,1H3,(H,22,27). The van der Waals surface area contributed by atoms with Gasteiger partial charge in [0.2, 0.25) is 0 Å². The van der Waals surface area contributed by atoms with E-state index in [1.165, 1.54) is 41.2 Å². The van der Waals surface area contributed by atoms with Crippen LogP contribution in [0.25, 0.3) is 11.3 Å². The largest absolute Gasteiger partial charge is 0.494 e. The van der Waals surface area contributed by atoms with E-state index in [1.807, 2.05) is 31.2 Å². The van der Waals surface area contributed by atoms with Gasteiger partial charge in [-0.15, -0.1) is 0 Å².